The second-order valence-corrected chi connectivity index (χ2v) is 4.50. The molecule has 1 aromatic rings. The molecule has 0 aliphatic carbocycles. The lowest BCUT2D eigenvalue weighted by Gasteiger charge is -2.08. The first kappa shape index (κ1) is 13.4. The Bertz CT molecular complexity index is 416. The molecule has 0 saturated heterocycles. The summed E-state index contributed by atoms with van der Waals surface area (Å²) in [7, 11) is 0. The quantitative estimate of drug-likeness (QED) is 0.794. The molecule has 0 aliphatic rings. The van der Waals surface area contributed by atoms with Crippen molar-refractivity contribution in [1.29, 1.82) is 0 Å². The van der Waals surface area contributed by atoms with Crippen molar-refractivity contribution < 1.29 is 11.0 Å². The SMILES string of the molecule is CCC(=O)c1cccc(NC(=O)CC(C)C)c1.[HH]. The Morgan fingerprint density at radius 1 is 1.35 bits per heavy atom. The van der Waals surface area contributed by atoms with Crippen molar-refractivity contribution in [2.45, 2.75) is 33.6 Å². The van der Waals surface area contributed by atoms with Crippen LogP contribution < -0.4 is 5.32 Å². The van der Waals surface area contributed by atoms with Crippen LogP contribution in [0.4, 0.5) is 5.69 Å². The fraction of sp³-hybridized carbons (Fsp3) is 0.429. The van der Waals surface area contributed by atoms with Gasteiger partial charge in [-0.25, -0.2) is 0 Å². The van der Waals surface area contributed by atoms with Gasteiger partial charge in [0.05, 0.1) is 0 Å². The van der Waals surface area contributed by atoms with Crippen LogP contribution in [0.15, 0.2) is 24.3 Å². The van der Waals surface area contributed by atoms with Gasteiger partial charge in [-0.3, -0.25) is 9.59 Å². The summed E-state index contributed by atoms with van der Waals surface area (Å²) in [5, 5.41) is 2.80. The van der Waals surface area contributed by atoms with Crippen LogP contribution in [-0.2, 0) is 4.79 Å². The van der Waals surface area contributed by atoms with Crippen molar-refractivity contribution >= 4 is 17.4 Å². The van der Waals surface area contributed by atoms with Gasteiger partial charge in [-0.2, -0.15) is 0 Å². The third-order valence-electron chi connectivity index (χ3n) is 2.38. The number of ketones is 1. The molecule has 0 bridgehead atoms. The zero-order valence-electron chi connectivity index (χ0n) is 10.6. The summed E-state index contributed by atoms with van der Waals surface area (Å²) < 4.78 is 0. The van der Waals surface area contributed by atoms with E-state index in [2.05, 4.69) is 5.32 Å². The van der Waals surface area contributed by atoms with Crippen LogP contribution in [0, 0.1) is 5.92 Å². The fourth-order valence-corrected chi connectivity index (χ4v) is 1.56. The summed E-state index contributed by atoms with van der Waals surface area (Å²) >= 11 is 0. The summed E-state index contributed by atoms with van der Waals surface area (Å²) in [5.41, 5.74) is 1.34. The van der Waals surface area contributed by atoms with Gasteiger partial charge in [0.25, 0.3) is 0 Å². The summed E-state index contributed by atoms with van der Waals surface area (Å²) in [6.07, 6.45) is 0.968. The summed E-state index contributed by atoms with van der Waals surface area (Å²) in [6, 6.07) is 7.08. The second kappa shape index (κ2) is 6.18. The zero-order chi connectivity index (χ0) is 12.8. The predicted molar refractivity (Wildman–Crippen MR) is 71.3 cm³/mol. The zero-order valence-corrected chi connectivity index (χ0v) is 10.6. The number of carbonyl (C=O) groups excluding carboxylic acids is 2. The molecule has 0 radical (unpaired) electrons. The molecule has 0 heterocycles. The smallest absolute Gasteiger partial charge is 0.224 e. The maximum Gasteiger partial charge on any atom is 0.224 e. The van der Waals surface area contributed by atoms with Gasteiger partial charge in [-0.05, 0) is 18.1 Å². The minimum absolute atomic E-state index is 0. The third kappa shape index (κ3) is 4.39. The molecule has 0 aliphatic heterocycles. The van der Waals surface area contributed by atoms with E-state index in [0.717, 1.165) is 0 Å². The van der Waals surface area contributed by atoms with E-state index in [-0.39, 0.29) is 13.1 Å². The van der Waals surface area contributed by atoms with E-state index in [4.69, 9.17) is 0 Å². The highest BCUT2D eigenvalue weighted by Gasteiger charge is 2.07. The van der Waals surface area contributed by atoms with Crippen molar-refractivity contribution in [2.75, 3.05) is 5.32 Å². The Morgan fingerprint density at radius 3 is 2.65 bits per heavy atom. The predicted octanol–water partition coefficient (Wildman–Crippen LogP) is 3.51. The first-order valence-corrected chi connectivity index (χ1v) is 5.96. The molecule has 17 heavy (non-hydrogen) atoms. The average molecular weight is 235 g/mol. The average Bonchev–Trinajstić information content (AvgIpc) is 2.27. The molecule has 1 N–H and O–H groups in total. The van der Waals surface area contributed by atoms with Crippen LogP contribution in [0.1, 0.15) is 45.4 Å². The van der Waals surface area contributed by atoms with Crippen LogP contribution in [0.3, 0.4) is 0 Å². The van der Waals surface area contributed by atoms with Gasteiger partial charge < -0.3 is 5.32 Å². The molecule has 0 unspecified atom stereocenters. The normalized spacial score (nSPS) is 10.4. The molecule has 0 aromatic heterocycles. The maximum absolute atomic E-state index is 11.6. The highest BCUT2D eigenvalue weighted by atomic mass is 16.1. The van der Waals surface area contributed by atoms with E-state index in [1.165, 1.54) is 0 Å². The third-order valence-corrected chi connectivity index (χ3v) is 2.38. The first-order chi connectivity index (χ1) is 8.02. The van der Waals surface area contributed by atoms with Gasteiger partial charge in [0, 0.05) is 25.5 Å². The van der Waals surface area contributed by atoms with Crippen LogP contribution in [0.5, 0.6) is 0 Å². The highest BCUT2D eigenvalue weighted by Crippen LogP contribution is 2.13. The molecular weight excluding hydrogens is 214 g/mol. The van der Waals surface area contributed by atoms with Crippen molar-refractivity contribution in [2.24, 2.45) is 5.92 Å². The minimum Gasteiger partial charge on any atom is -0.326 e. The standard InChI is InChI=1S/C14H19NO2.H2/c1-4-13(16)11-6-5-7-12(9-11)15-14(17)8-10(2)3;/h5-7,9-10H,4,8H2,1-3H3,(H,15,17);1H. The van der Waals surface area contributed by atoms with Gasteiger partial charge in [0.15, 0.2) is 5.78 Å². The number of amides is 1. The maximum atomic E-state index is 11.6. The monoisotopic (exact) mass is 235 g/mol. The van der Waals surface area contributed by atoms with Gasteiger partial charge in [0.2, 0.25) is 5.91 Å². The van der Waals surface area contributed by atoms with E-state index < -0.39 is 0 Å². The van der Waals surface area contributed by atoms with Gasteiger partial charge in [0.1, 0.15) is 0 Å². The Hall–Kier alpha value is -1.64. The Morgan fingerprint density at radius 2 is 2.06 bits per heavy atom. The molecule has 94 valence electrons. The number of hydrogen-bond acceptors (Lipinski definition) is 2. The Balaban J connectivity index is 0.00000289. The van der Waals surface area contributed by atoms with Gasteiger partial charge in [-0.1, -0.05) is 32.9 Å². The van der Waals surface area contributed by atoms with Crippen LogP contribution in [0.2, 0.25) is 0 Å². The van der Waals surface area contributed by atoms with E-state index in [9.17, 15) is 9.59 Å². The highest BCUT2D eigenvalue weighted by molar-refractivity contribution is 5.98. The van der Waals surface area contributed by atoms with Crippen LogP contribution >= 0.6 is 0 Å². The fourth-order valence-electron chi connectivity index (χ4n) is 1.56. The van der Waals surface area contributed by atoms with E-state index in [1.54, 1.807) is 24.3 Å². The summed E-state index contributed by atoms with van der Waals surface area (Å²) in [6.45, 7) is 5.82. The van der Waals surface area contributed by atoms with E-state index in [0.29, 0.717) is 30.0 Å². The minimum atomic E-state index is -0.0129. The molecule has 1 amide bonds. The lowest BCUT2D eigenvalue weighted by Crippen LogP contribution is -2.14. The number of Topliss-reactive ketones (excluding diaryl/α,β-unsaturated/α-hetero) is 1. The summed E-state index contributed by atoms with van der Waals surface area (Å²) in [5.74, 6) is 0.404. The molecule has 0 atom stereocenters. The van der Waals surface area contributed by atoms with Crippen molar-refractivity contribution in [3.8, 4) is 0 Å². The van der Waals surface area contributed by atoms with Crippen molar-refractivity contribution in [1.82, 2.24) is 0 Å². The lowest BCUT2D eigenvalue weighted by atomic mass is 10.1. The summed E-state index contributed by atoms with van der Waals surface area (Å²) in [4.78, 5) is 23.1. The molecule has 3 nitrogen and oxygen atoms in total. The van der Waals surface area contributed by atoms with Crippen LogP contribution in [-0.4, -0.2) is 11.7 Å². The van der Waals surface area contributed by atoms with E-state index in [1.807, 2.05) is 20.8 Å². The number of hydrogen-bond donors (Lipinski definition) is 1. The molecule has 3 heteroatoms. The molecule has 1 rings (SSSR count). The lowest BCUT2D eigenvalue weighted by molar-refractivity contribution is -0.116. The van der Waals surface area contributed by atoms with Gasteiger partial charge >= 0.3 is 0 Å². The molecule has 0 saturated carbocycles. The Labute approximate surface area is 104 Å². The van der Waals surface area contributed by atoms with E-state index >= 15 is 0 Å². The number of benzene rings is 1. The largest absolute Gasteiger partial charge is 0.326 e. The number of anilines is 1. The van der Waals surface area contributed by atoms with Crippen LogP contribution in [0.25, 0.3) is 0 Å². The topological polar surface area (TPSA) is 46.2 Å². The van der Waals surface area contributed by atoms with Crippen molar-refractivity contribution in [3.63, 3.8) is 0 Å². The number of nitrogens with one attached hydrogen (secondary N) is 1. The first-order valence-electron chi connectivity index (χ1n) is 5.96. The Kier molecular flexibility index (Phi) is 4.88. The molecule has 0 spiro atoms. The van der Waals surface area contributed by atoms with Gasteiger partial charge in [-0.15, -0.1) is 0 Å². The van der Waals surface area contributed by atoms with Crippen molar-refractivity contribution in [3.05, 3.63) is 29.8 Å². The number of carbonyl (C=O) groups is 2. The molecule has 1 aromatic carbocycles. The second-order valence-electron chi connectivity index (χ2n) is 4.50. The molecular formula is C14H21NO2. The molecule has 0 fully saturated rings. The number of rotatable bonds is 5.